The van der Waals surface area contributed by atoms with Crippen molar-refractivity contribution < 1.29 is 9.53 Å². The van der Waals surface area contributed by atoms with Gasteiger partial charge in [-0.25, -0.2) is 0 Å². The van der Waals surface area contributed by atoms with Crippen molar-refractivity contribution in [2.75, 3.05) is 20.3 Å². The predicted molar refractivity (Wildman–Crippen MR) is 99.1 cm³/mol. The largest absolute Gasteiger partial charge is 0.383 e. The molecule has 3 nitrogen and oxygen atoms in total. The number of carbonyl (C=O) groups is 1. The molecule has 0 aromatic carbocycles. The molecule has 0 bridgehead atoms. The molecule has 2 aliphatic rings. The average Bonchev–Trinajstić information content (AvgIpc) is 2.93. The molecule has 1 saturated heterocycles. The lowest BCUT2D eigenvalue weighted by Gasteiger charge is -2.45. The summed E-state index contributed by atoms with van der Waals surface area (Å²) in [5.41, 5.74) is -0.445. The third-order valence-electron chi connectivity index (χ3n) is 5.35. The lowest BCUT2D eigenvalue weighted by molar-refractivity contribution is -0.141. The Bertz CT molecular complexity index is 504. The molecule has 2 atom stereocenters. The zero-order valence-corrected chi connectivity index (χ0v) is 16.7. The van der Waals surface area contributed by atoms with E-state index in [1.165, 1.54) is 5.20 Å². The fraction of sp³-hybridized carbons (Fsp3) is 0.737. The number of likely N-dealkylation sites (tertiary alicyclic amines) is 1. The van der Waals surface area contributed by atoms with Crippen LogP contribution in [0.3, 0.4) is 0 Å². The SMILES string of the molecule is COC[C@@H]1CCCN1C(=O)[C@@]1(C(C)C)C=CCC=C1[Si](C)(C)C. The average molecular weight is 336 g/mol. The predicted octanol–water partition coefficient (Wildman–Crippen LogP) is 4.03. The van der Waals surface area contributed by atoms with Crippen molar-refractivity contribution in [2.45, 2.75) is 58.8 Å². The van der Waals surface area contributed by atoms with E-state index in [1.807, 2.05) is 0 Å². The summed E-state index contributed by atoms with van der Waals surface area (Å²) in [7, 11) is 0.152. The molecule has 0 unspecified atom stereocenters. The highest BCUT2D eigenvalue weighted by atomic mass is 28.3. The van der Waals surface area contributed by atoms with Gasteiger partial charge in [0.1, 0.15) is 0 Å². The zero-order chi connectivity index (χ0) is 17.3. The van der Waals surface area contributed by atoms with Crippen molar-refractivity contribution in [1.82, 2.24) is 4.90 Å². The van der Waals surface area contributed by atoms with Crippen LogP contribution in [0.5, 0.6) is 0 Å². The van der Waals surface area contributed by atoms with Crippen LogP contribution in [0, 0.1) is 11.3 Å². The molecule has 0 saturated carbocycles. The first-order valence-electron chi connectivity index (χ1n) is 8.94. The molecule has 0 spiro atoms. The van der Waals surface area contributed by atoms with Crippen molar-refractivity contribution in [3.05, 3.63) is 23.4 Å². The van der Waals surface area contributed by atoms with Crippen molar-refractivity contribution in [1.29, 1.82) is 0 Å². The minimum absolute atomic E-state index is 0.237. The van der Waals surface area contributed by atoms with Crippen molar-refractivity contribution >= 4 is 14.0 Å². The van der Waals surface area contributed by atoms with Crippen LogP contribution < -0.4 is 0 Å². The zero-order valence-electron chi connectivity index (χ0n) is 15.7. The Morgan fingerprint density at radius 2 is 2.13 bits per heavy atom. The van der Waals surface area contributed by atoms with E-state index >= 15 is 0 Å². The number of methoxy groups -OCH3 is 1. The minimum Gasteiger partial charge on any atom is -0.383 e. The van der Waals surface area contributed by atoms with Crippen LogP contribution in [-0.2, 0) is 9.53 Å². The maximum absolute atomic E-state index is 13.7. The van der Waals surface area contributed by atoms with Crippen molar-refractivity contribution in [2.24, 2.45) is 11.3 Å². The summed E-state index contributed by atoms with van der Waals surface area (Å²) in [5.74, 6) is 0.574. The number of hydrogen-bond donors (Lipinski definition) is 0. The summed E-state index contributed by atoms with van der Waals surface area (Å²) in [4.78, 5) is 15.8. The Hall–Kier alpha value is -0.873. The standard InChI is InChI=1S/C19H33NO2Si/c1-15(2)19(12-8-7-11-17(19)23(4,5)6)18(21)20-13-9-10-16(20)14-22-3/h8,11-12,15-16H,7,9-10,13-14H2,1-6H3/t16-,19+/m0/s1. The van der Waals surface area contributed by atoms with E-state index in [4.69, 9.17) is 4.74 Å². The van der Waals surface area contributed by atoms with Crippen molar-refractivity contribution in [3.63, 3.8) is 0 Å². The number of amides is 1. The lowest BCUT2D eigenvalue weighted by Crippen LogP contribution is -2.53. The van der Waals surface area contributed by atoms with Crippen LogP contribution in [0.2, 0.25) is 19.6 Å². The highest BCUT2D eigenvalue weighted by Crippen LogP contribution is 2.46. The summed E-state index contributed by atoms with van der Waals surface area (Å²) < 4.78 is 5.36. The molecule has 2 rings (SSSR count). The molecule has 1 heterocycles. The van der Waals surface area contributed by atoms with Gasteiger partial charge in [0.15, 0.2) is 0 Å². The van der Waals surface area contributed by atoms with E-state index in [0.29, 0.717) is 12.5 Å². The number of carbonyl (C=O) groups excluding carboxylic acids is 1. The fourth-order valence-corrected chi connectivity index (χ4v) is 6.72. The van der Waals surface area contributed by atoms with E-state index in [1.54, 1.807) is 7.11 Å². The molecule has 4 heteroatoms. The van der Waals surface area contributed by atoms with E-state index in [0.717, 1.165) is 25.8 Å². The maximum Gasteiger partial charge on any atom is 0.236 e. The minimum atomic E-state index is -1.58. The molecule has 130 valence electrons. The van der Waals surface area contributed by atoms with Gasteiger partial charge in [-0.1, -0.05) is 56.9 Å². The van der Waals surface area contributed by atoms with Crippen LogP contribution in [0.1, 0.15) is 33.1 Å². The van der Waals surface area contributed by atoms with Gasteiger partial charge < -0.3 is 9.64 Å². The number of rotatable bonds is 5. The Morgan fingerprint density at radius 1 is 1.43 bits per heavy atom. The number of allylic oxidation sites excluding steroid dienone is 2. The Kier molecular flexibility index (Phi) is 5.57. The number of hydrogen-bond acceptors (Lipinski definition) is 2. The van der Waals surface area contributed by atoms with Gasteiger partial charge in [-0.2, -0.15) is 0 Å². The normalized spacial score (nSPS) is 28.4. The molecule has 0 radical (unpaired) electrons. The topological polar surface area (TPSA) is 29.5 Å². The number of ether oxygens (including phenoxy) is 1. The van der Waals surface area contributed by atoms with Gasteiger partial charge in [-0.3, -0.25) is 4.79 Å². The van der Waals surface area contributed by atoms with Crippen LogP contribution >= 0.6 is 0 Å². The highest BCUT2D eigenvalue weighted by molar-refractivity contribution is 6.83. The van der Waals surface area contributed by atoms with Crippen LogP contribution in [0.4, 0.5) is 0 Å². The van der Waals surface area contributed by atoms with Gasteiger partial charge in [0.2, 0.25) is 5.91 Å². The van der Waals surface area contributed by atoms with E-state index in [2.05, 4.69) is 56.6 Å². The lowest BCUT2D eigenvalue weighted by atomic mass is 9.72. The summed E-state index contributed by atoms with van der Waals surface area (Å²) >= 11 is 0. The molecule has 23 heavy (non-hydrogen) atoms. The Labute approximate surface area is 142 Å². The van der Waals surface area contributed by atoms with Gasteiger partial charge in [0.25, 0.3) is 0 Å². The number of nitrogens with zero attached hydrogens (tertiary/aromatic N) is 1. The second-order valence-corrected chi connectivity index (χ2v) is 13.3. The van der Waals surface area contributed by atoms with Crippen molar-refractivity contribution in [3.8, 4) is 0 Å². The molecule has 0 N–H and O–H groups in total. The van der Waals surface area contributed by atoms with Gasteiger partial charge in [-0.05, 0) is 25.2 Å². The quantitative estimate of drug-likeness (QED) is 0.561. The van der Waals surface area contributed by atoms with Crippen LogP contribution in [-0.4, -0.2) is 45.2 Å². The van der Waals surface area contributed by atoms with Gasteiger partial charge in [0, 0.05) is 13.7 Å². The smallest absolute Gasteiger partial charge is 0.236 e. The first kappa shape index (κ1) is 18.5. The Morgan fingerprint density at radius 3 is 2.70 bits per heavy atom. The first-order chi connectivity index (χ1) is 10.7. The molecule has 0 aromatic heterocycles. The molecule has 1 aliphatic carbocycles. The molecular weight excluding hydrogens is 302 g/mol. The summed E-state index contributed by atoms with van der Waals surface area (Å²) in [5, 5.41) is 1.41. The van der Waals surface area contributed by atoms with Gasteiger partial charge in [0.05, 0.1) is 26.1 Å². The molecular formula is C19H33NO2Si. The summed E-state index contributed by atoms with van der Waals surface area (Å²) in [6, 6.07) is 0.237. The molecule has 0 aromatic rings. The summed E-state index contributed by atoms with van der Waals surface area (Å²) in [6.07, 6.45) is 9.85. The van der Waals surface area contributed by atoms with E-state index < -0.39 is 13.5 Å². The van der Waals surface area contributed by atoms with Crippen LogP contribution in [0.25, 0.3) is 0 Å². The monoisotopic (exact) mass is 335 g/mol. The fourth-order valence-electron chi connectivity index (χ4n) is 4.27. The maximum atomic E-state index is 13.7. The third-order valence-corrected chi connectivity index (χ3v) is 7.59. The second-order valence-electron chi connectivity index (χ2n) is 8.28. The molecule has 1 fully saturated rings. The summed E-state index contributed by atoms with van der Waals surface area (Å²) in [6.45, 7) is 13.0. The van der Waals surface area contributed by atoms with Gasteiger partial charge >= 0.3 is 0 Å². The molecule has 1 aliphatic heterocycles. The van der Waals surface area contributed by atoms with Gasteiger partial charge in [-0.15, -0.1) is 0 Å². The van der Waals surface area contributed by atoms with Crippen LogP contribution in [0.15, 0.2) is 23.4 Å². The Balaban J connectivity index is 2.44. The third kappa shape index (κ3) is 3.34. The van der Waals surface area contributed by atoms with E-state index in [9.17, 15) is 4.79 Å². The van der Waals surface area contributed by atoms with E-state index in [-0.39, 0.29) is 12.0 Å². The first-order valence-corrected chi connectivity index (χ1v) is 12.4. The molecule has 1 amide bonds. The second kappa shape index (κ2) is 6.94. The highest BCUT2D eigenvalue weighted by Gasteiger charge is 2.50.